The average Bonchev–Trinajstić information content (AvgIpc) is 2.45. The molecule has 0 radical (unpaired) electrons. The summed E-state index contributed by atoms with van der Waals surface area (Å²) in [6.07, 6.45) is 1.65. The number of hydrogen-bond donors (Lipinski definition) is 1. The molecule has 0 saturated heterocycles. The van der Waals surface area contributed by atoms with E-state index in [2.05, 4.69) is 20.9 Å². The van der Waals surface area contributed by atoms with Gasteiger partial charge in [0.05, 0.1) is 17.7 Å². The van der Waals surface area contributed by atoms with Gasteiger partial charge in [-0.05, 0) is 42.5 Å². The Labute approximate surface area is 131 Å². The van der Waals surface area contributed by atoms with Crippen LogP contribution in [0.5, 0.6) is 5.75 Å². The van der Waals surface area contributed by atoms with Crippen LogP contribution in [-0.4, -0.2) is 21.7 Å². The highest BCUT2D eigenvalue weighted by Crippen LogP contribution is 2.22. The van der Waals surface area contributed by atoms with Crippen molar-refractivity contribution in [2.45, 2.75) is 4.90 Å². The van der Waals surface area contributed by atoms with Gasteiger partial charge in [-0.15, -0.1) is 0 Å². The number of ether oxygens (including phenoxy) is 1. The lowest BCUT2D eigenvalue weighted by Gasteiger charge is -2.04. The van der Waals surface area contributed by atoms with Crippen LogP contribution in [-0.2, 0) is 10.0 Å². The highest BCUT2D eigenvalue weighted by Gasteiger charge is 2.06. The van der Waals surface area contributed by atoms with E-state index in [9.17, 15) is 8.42 Å². The summed E-state index contributed by atoms with van der Waals surface area (Å²) >= 11 is 3.39. The molecule has 0 saturated carbocycles. The topological polar surface area (TPSA) is 81.8 Å². The Hall–Kier alpha value is -1.70. The maximum atomic E-state index is 11.2. The predicted molar refractivity (Wildman–Crippen MR) is 85.8 cm³/mol. The van der Waals surface area contributed by atoms with Crippen molar-refractivity contribution in [2.75, 3.05) is 7.11 Å². The van der Waals surface area contributed by atoms with Crippen LogP contribution in [0.2, 0.25) is 0 Å². The van der Waals surface area contributed by atoms with Crippen molar-refractivity contribution >= 4 is 37.9 Å². The van der Waals surface area contributed by atoms with Crippen LogP contribution in [0.15, 0.2) is 56.8 Å². The van der Waals surface area contributed by atoms with E-state index in [-0.39, 0.29) is 4.90 Å². The zero-order valence-corrected chi connectivity index (χ0v) is 13.6. The van der Waals surface area contributed by atoms with Crippen LogP contribution in [0.25, 0.3) is 0 Å². The summed E-state index contributed by atoms with van der Waals surface area (Å²) in [5.41, 5.74) is 1.42. The van der Waals surface area contributed by atoms with Gasteiger partial charge in [0, 0.05) is 16.3 Å². The van der Waals surface area contributed by atoms with Gasteiger partial charge in [-0.1, -0.05) is 15.9 Å². The average molecular weight is 369 g/mol. The van der Waals surface area contributed by atoms with E-state index in [1.54, 1.807) is 25.5 Å². The van der Waals surface area contributed by atoms with Crippen molar-refractivity contribution in [3.05, 3.63) is 52.5 Å². The molecule has 0 heterocycles. The maximum absolute atomic E-state index is 11.2. The minimum absolute atomic E-state index is 0.0569. The van der Waals surface area contributed by atoms with Gasteiger partial charge < -0.3 is 4.74 Å². The van der Waals surface area contributed by atoms with Crippen molar-refractivity contribution in [1.82, 2.24) is 0 Å². The molecule has 2 aromatic carbocycles. The molecule has 2 rings (SSSR count). The summed E-state index contributed by atoms with van der Waals surface area (Å²) < 4.78 is 28.5. The lowest BCUT2D eigenvalue weighted by Crippen LogP contribution is -2.11. The minimum Gasteiger partial charge on any atom is -0.496 e. The first-order valence-corrected chi connectivity index (χ1v) is 8.24. The Morgan fingerprint density at radius 2 is 1.86 bits per heavy atom. The molecule has 110 valence electrons. The summed E-state index contributed by atoms with van der Waals surface area (Å²) in [5.74, 6) is 0.697. The van der Waals surface area contributed by atoms with E-state index in [0.29, 0.717) is 11.4 Å². The molecule has 2 aromatic rings. The molecule has 0 atom stereocenters. The smallest absolute Gasteiger partial charge is 0.238 e. The van der Waals surface area contributed by atoms with Crippen molar-refractivity contribution in [3.63, 3.8) is 0 Å². The third-order valence-electron chi connectivity index (χ3n) is 2.71. The number of halogens is 1. The largest absolute Gasteiger partial charge is 0.496 e. The number of primary sulfonamides is 1. The van der Waals surface area contributed by atoms with Crippen LogP contribution in [0.3, 0.4) is 0 Å². The predicted octanol–water partition coefficient (Wildman–Crippen LogP) is 2.86. The first-order valence-electron chi connectivity index (χ1n) is 5.90. The van der Waals surface area contributed by atoms with Crippen LogP contribution in [0.4, 0.5) is 5.69 Å². The number of rotatable bonds is 4. The highest BCUT2D eigenvalue weighted by atomic mass is 79.9. The highest BCUT2D eigenvalue weighted by molar-refractivity contribution is 9.10. The zero-order valence-electron chi connectivity index (χ0n) is 11.2. The molecule has 0 unspecified atom stereocenters. The lowest BCUT2D eigenvalue weighted by atomic mass is 10.2. The van der Waals surface area contributed by atoms with Gasteiger partial charge in [0.25, 0.3) is 0 Å². The van der Waals surface area contributed by atoms with Gasteiger partial charge in [0.1, 0.15) is 5.75 Å². The van der Waals surface area contributed by atoms with Crippen LogP contribution in [0.1, 0.15) is 5.56 Å². The van der Waals surface area contributed by atoms with Crippen LogP contribution >= 0.6 is 15.9 Å². The number of nitrogens with two attached hydrogens (primary N) is 1. The third-order valence-corrected chi connectivity index (χ3v) is 4.13. The minimum atomic E-state index is -3.68. The number of hydrogen-bond acceptors (Lipinski definition) is 4. The Bertz CT molecular complexity index is 771. The molecular weight excluding hydrogens is 356 g/mol. The molecule has 0 amide bonds. The second-order valence-electron chi connectivity index (χ2n) is 4.18. The number of aliphatic imine (C=N–C) groups is 1. The number of nitrogens with zero attached hydrogens (tertiary/aromatic N) is 1. The Morgan fingerprint density at radius 3 is 2.43 bits per heavy atom. The summed E-state index contributed by atoms with van der Waals surface area (Å²) in [6.45, 7) is 0. The molecule has 2 N–H and O–H groups in total. The molecule has 0 bridgehead atoms. The summed E-state index contributed by atoms with van der Waals surface area (Å²) in [7, 11) is -2.10. The van der Waals surface area contributed by atoms with Gasteiger partial charge in [-0.3, -0.25) is 4.99 Å². The van der Waals surface area contributed by atoms with Crippen molar-refractivity contribution in [2.24, 2.45) is 10.1 Å². The number of benzene rings is 2. The molecule has 0 spiro atoms. The molecule has 0 aliphatic carbocycles. The second kappa shape index (κ2) is 6.38. The van der Waals surface area contributed by atoms with Crippen LogP contribution < -0.4 is 9.88 Å². The van der Waals surface area contributed by atoms with Crippen molar-refractivity contribution in [3.8, 4) is 5.75 Å². The van der Waals surface area contributed by atoms with Gasteiger partial charge in [-0.25, -0.2) is 13.6 Å². The van der Waals surface area contributed by atoms with E-state index in [4.69, 9.17) is 9.88 Å². The van der Waals surface area contributed by atoms with Crippen molar-refractivity contribution < 1.29 is 13.2 Å². The summed E-state index contributed by atoms with van der Waals surface area (Å²) in [6, 6.07) is 11.6. The molecule has 21 heavy (non-hydrogen) atoms. The van der Waals surface area contributed by atoms with E-state index < -0.39 is 10.0 Å². The second-order valence-corrected chi connectivity index (χ2v) is 6.66. The molecule has 0 aliphatic heterocycles. The molecule has 0 fully saturated rings. The fraction of sp³-hybridized carbons (Fsp3) is 0.0714. The van der Waals surface area contributed by atoms with E-state index >= 15 is 0 Å². The molecule has 7 heteroatoms. The van der Waals surface area contributed by atoms with E-state index in [1.165, 1.54) is 12.1 Å². The summed E-state index contributed by atoms with van der Waals surface area (Å²) in [5, 5.41) is 5.04. The molecular formula is C14H13BrN2O3S. The summed E-state index contributed by atoms with van der Waals surface area (Å²) in [4.78, 5) is 4.34. The first-order chi connectivity index (χ1) is 9.90. The monoisotopic (exact) mass is 368 g/mol. The standard InChI is InChI=1S/C14H13BrN2O3S/c1-20-14-7-2-11(15)8-10(14)9-17-12-3-5-13(6-4-12)21(16,18)19/h2-9H,1H3,(H2,16,18,19). The number of methoxy groups -OCH3 is 1. The first kappa shape index (κ1) is 15.7. The SMILES string of the molecule is COc1ccc(Br)cc1C=Nc1ccc(S(N)(=O)=O)cc1. The molecule has 0 aromatic heterocycles. The van der Waals surface area contributed by atoms with Gasteiger partial charge in [-0.2, -0.15) is 0 Å². The lowest BCUT2D eigenvalue weighted by molar-refractivity contribution is 0.414. The van der Waals surface area contributed by atoms with Gasteiger partial charge >= 0.3 is 0 Å². The number of sulfonamides is 1. The Morgan fingerprint density at radius 1 is 1.19 bits per heavy atom. The zero-order chi connectivity index (χ0) is 15.5. The fourth-order valence-corrected chi connectivity index (χ4v) is 2.57. The Balaban J connectivity index is 2.28. The van der Waals surface area contributed by atoms with Gasteiger partial charge in [0.2, 0.25) is 10.0 Å². The Kier molecular flexibility index (Phi) is 4.76. The van der Waals surface area contributed by atoms with Crippen molar-refractivity contribution in [1.29, 1.82) is 0 Å². The van der Waals surface area contributed by atoms with E-state index in [1.807, 2.05) is 18.2 Å². The van der Waals surface area contributed by atoms with E-state index in [0.717, 1.165) is 10.0 Å². The normalized spacial score (nSPS) is 11.8. The quantitative estimate of drug-likeness (QED) is 0.842. The molecule has 5 nitrogen and oxygen atoms in total. The third kappa shape index (κ3) is 4.13. The fourth-order valence-electron chi connectivity index (χ4n) is 1.67. The van der Waals surface area contributed by atoms with Crippen LogP contribution in [0, 0.1) is 0 Å². The van der Waals surface area contributed by atoms with Gasteiger partial charge in [0.15, 0.2) is 0 Å². The molecule has 0 aliphatic rings. The maximum Gasteiger partial charge on any atom is 0.238 e.